The Morgan fingerprint density at radius 2 is 1.82 bits per heavy atom. The van der Waals surface area contributed by atoms with Gasteiger partial charge in [0, 0.05) is 5.57 Å². The van der Waals surface area contributed by atoms with Crippen molar-refractivity contribution in [1.82, 2.24) is 0 Å². The molecule has 0 saturated heterocycles. The summed E-state index contributed by atoms with van der Waals surface area (Å²) in [7, 11) is 0. The van der Waals surface area contributed by atoms with Crippen LogP contribution in [0.3, 0.4) is 0 Å². The van der Waals surface area contributed by atoms with Gasteiger partial charge in [0.1, 0.15) is 0 Å². The van der Waals surface area contributed by atoms with E-state index in [4.69, 9.17) is 10.5 Å². The van der Waals surface area contributed by atoms with Crippen LogP contribution in [-0.4, -0.2) is 18.5 Å². The van der Waals surface area contributed by atoms with Crippen molar-refractivity contribution in [2.24, 2.45) is 5.73 Å². The zero-order chi connectivity index (χ0) is 12.8. The summed E-state index contributed by atoms with van der Waals surface area (Å²) in [5, 5.41) is 0. The third-order valence-corrected chi connectivity index (χ3v) is 2.29. The number of rotatable bonds is 4. The van der Waals surface area contributed by atoms with Crippen molar-refractivity contribution in [3.63, 3.8) is 0 Å². The van der Waals surface area contributed by atoms with Crippen molar-refractivity contribution < 1.29 is 14.3 Å². The summed E-state index contributed by atoms with van der Waals surface area (Å²) in [6, 6.07) is 8.86. The molecule has 0 radical (unpaired) electrons. The van der Waals surface area contributed by atoms with Crippen molar-refractivity contribution >= 4 is 17.4 Å². The van der Waals surface area contributed by atoms with E-state index in [-0.39, 0.29) is 17.8 Å². The van der Waals surface area contributed by atoms with E-state index in [1.165, 1.54) is 6.92 Å². The minimum Gasteiger partial charge on any atom is -0.462 e. The number of benzene rings is 1. The molecule has 2 N–H and O–H groups in total. The number of primary amides is 1. The normalized spacial score (nSPS) is 11.6. The van der Waals surface area contributed by atoms with Gasteiger partial charge in [-0.3, -0.25) is 4.79 Å². The lowest BCUT2D eigenvalue weighted by Gasteiger charge is -2.09. The topological polar surface area (TPSA) is 69.4 Å². The molecule has 17 heavy (non-hydrogen) atoms. The van der Waals surface area contributed by atoms with Crippen molar-refractivity contribution in [3.8, 4) is 0 Å². The maximum atomic E-state index is 11.8. The molecule has 0 bridgehead atoms. The van der Waals surface area contributed by atoms with Crippen LogP contribution in [0, 0.1) is 0 Å². The van der Waals surface area contributed by atoms with E-state index < -0.39 is 11.9 Å². The molecule has 1 rings (SSSR count). The lowest BCUT2D eigenvalue weighted by atomic mass is 10.0. The Bertz CT molecular complexity index is 449. The van der Waals surface area contributed by atoms with Crippen molar-refractivity contribution in [2.75, 3.05) is 6.61 Å². The molecule has 4 nitrogen and oxygen atoms in total. The van der Waals surface area contributed by atoms with E-state index in [1.807, 2.05) is 6.07 Å². The van der Waals surface area contributed by atoms with E-state index in [0.29, 0.717) is 5.56 Å². The van der Waals surface area contributed by atoms with Crippen LogP contribution < -0.4 is 5.73 Å². The second-order valence-corrected chi connectivity index (χ2v) is 3.45. The molecular formula is C13H15NO3. The molecular weight excluding hydrogens is 218 g/mol. The average molecular weight is 233 g/mol. The molecule has 0 heterocycles. The fraction of sp³-hybridized carbons (Fsp3) is 0.231. The molecule has 0 aliphatic heterocycles. The summed E-state index contributed by atoms with van der Waals surface area (Å²) in [5.74, 6) is -1.16. The van der Waals surface area contributed by atoms with Crippen LogP contribution >= 0.6 is 0 Å². The summed E-state index contributed by atoms with van der Waals surface area (Å²) >= 11 is 0. The number of hydrogen-bond acceptors (Lipinski definition) is 3. The molecule has 0 fully saturated rings. The van der Waals surface area contributed by atoms with Gasteiger partial charge in [0.05, 0.1) is 12.2 Å². The summed E-state index contributed by atoms with van der Waals surface area (Å²) < 4.78 is 4.93. The van der Waals surface area contributed by atoms with Gasteiger partial charge in [0.2, 0.25) is 5.91 Å². The fourth-order valence-corrected chi connectivity index (χ4v) is 1.42. The van der Waals surface area contributed by atoms with Crippen LogP contribution in [0.5, 0.6) is 0 Å². The summed E-state index contributed by atoms with van der Waals surface area (Å²) in [6.45, 7) is 3.48. The lowest BCUT2D eigenvalue weighted by molar-refractivity contribution is -0.136. The standard InChI is InChI=1S/C13H15NO3/c1-3-17-13(16)11(9(2)12(14)15)10-7-5-4-6-8-10/h4-8H,3H2,1-2H3,(H2,14,15). The van der Waals surface area contributed by atoms with Gasteiger partial charge in [-0.05, 0) is 19.4 Å². The zero-order valence-corrected chi connectivity index (χ0v) is 9.90. The molecule has 0 saturated carbocycles. The predicted octanol–water partition coefficient (Wildman–Crippen LogP) is 1.51. The summed E-state index contributed by atoms with van der Waals surface area (Å²) in [5.41, 5.74) is 6.26. The average Bonchev–Trinajstić information content (AvgIpc) is 2.31. The van der Waals surface area contributed by atoms with Crippen LogP contribution in [-0.2, 0) is 14.3 Å². The van der Waals surface area contributed by atoms with Crippen molar-refractivity contribution in [2.45, 2.75) is 13.8 Å². The molecule has 1 amide bonds. The molecule has 0 aliphatic carbocycles. The molecule has 0 spiro atoms. The van der Waals surface area contributed by atoms with E-state index >= 15 is 0 Å². The maximum Gasteiger partial charge on any atom is 0.339 e. The van der Waals surface area contributed by atoms with Gasteiger partial charge in [-0.15, -0.1) is 0 Å². The maximum absolute atomic E-state index is 11.8. The predicted molar refractivity (Wildman–Crippen MR) is 64.9 cm³/mol. The number of ether oxygens (including phenoxy) is 1. The first-order chi connectivity index (χ1) is 8.07. The first-order valence-corrected chi connectivity index (χ1v) is 5.31. The molecule has 4 heteroatoms. The van der Waals surface area contributed by atoms with Gasteiger partial charge in [-0.1, -0.05) is 30.3 Å². The molecule has 0 atom stereocenters. The summed E-state index contributed by atoms with van der Waals surface area (Å²) in [4.78, 5) is 23.0. The van der Waals surface area contributed by atoms with Gasteiger partial charge in [-0.2, -0.15) is 0 Å². The van der Waals surface area contributed by atoms with Gasteiger partial charge in [0.25, 0.3) is 0 Å². The number of esters is 1. The molecule has 0 aromatic heterocycles. The van der Waals surface area contributed by atoms with E-state index in [1.54, 1.807) is 31.2 Å². The Hall–Kier alpha value is -2.10. The van der Waals surface area contributed by atoms with Crippen molar-refractivity contribution in [3.05, 3.63) is 41.5 Å². The quantitative estimate of drug-likeness (QED) is 0.633. The first-order valence-electron chi connectivity index (χ1n) is 5.31. The Balaban J connectivity index is 3.26. The Morgan fingerprint density at radius 1 is 1.24 bits per heavy atom. The number of hydrogen-bond donors (Lipinski definition) is 1. The monoisotopic (exact) mass is 233 g/mol. The Morgan fingerprint density at radius 3 is 2.29 bits per heavy atom. The van der Waals surface area contributed by atoms with Gasteiger partial charge in [0.15, 0.2) is 0 Å². The van der Waals surface area contributed by atoms with Crippen molar-refractivity contribution in [1.29, 1.82) is 0 Å². The first kappa shape index (κ1) is 13.0. The summed E-state index contributed by atoms with van der Waals surface area (Å²) in [6.07, 6.45) is 0. The number of nitrogens with two attached hydrogens (primary N) is 1. The SMILES string of the molecule is CCOC(=O)C(=C(C)C(N)=O)c1ccccc1. The highest BCUT2D eigenvalue weighted by atomic mass is 16.5. The van der Waals surface area contributed by atoms with Crippen LogP contribution in [0.4, 0.5) is 0 Å². The molecule has 1 aromatic carbocycles. The number of carbonyl (C=O) groups is 2. The number of amides is 1. The second-order valence-electron chi connectivity index (χ2n) is 3.45. The minimum absolute atomic E-state index is 0.203. The van der Waals surface area contributed by atoms with Crippen LogP contribution in [0.2, 0.25) is 0 Å². The highest BCUT2D eigenvalue weighted by Gasteiger charge is 2.18. The van der Waals surface area contributed by atoms with E-state index in [9.17, 15) is 9.59 Å². The van der Waals surface area contributed by atoms with E-state index in [0.717, 1.165) is 0 Å². The Labute approximate surface area is 100 Å². The third-order valence-electron chi connectivity index (χ3n) is 2.29. The van der Waals surface area contributed by atoms with Crippen LogP contribution in [0.25, 0.3) is 5.57 Å². The molecule has 1 aromatic rings. The fourth-order valence-electron chi connectivity index (χ4n) is 1.42. The van der Waals surface area contributed by atoms with Crippen LogP contribution in [0.1, 0.15) is 19.4 Å². The smallest absolute Gasteiger partial charge is 0.339 e. The minimum atomic E-state index is -0.628. The molecule has 90 valence electrons. The Kier molecular flexibility index (Phi) is 4.46. The van der Waals surface area contributed by atoms with Crippen LogP contribution in [0.15, 0.2) is 35.9 Å². The lowest BCUT2D eigenvalue weighted by Crippen LogP contribution is -2.18. The second kappa shape index (κ2) is 5.84. The number of carbonyl (C=O) groups excluding carboxylic acids is 2. The highest BCUT2D eigenvalue weighted by molar-refractivity contribution is 6.23. The highest BCUT2D eigenvalue weighted by Crippen LogP contribution is 2.20. The molecule has 0 aliphatic rings. The van der Waals surface area contributed by atoms with Gasteiger partial charge < -0.3 is 10.5 Å². The zero-order valence-electron chi connectivity index (χ0n) is 9.90. The van der Waals surface area contributed by atoms with E-state index in [2.05, 4.69) is 0 Å². The third kappa shape index (κ3) is 3.17. The van der Waals surface area contributed by atoms with Gasteiger partial charge >= 0.3 is 5.97 Å². The molecule has 0 unspecified atom stereocenters. The van der Waals surface area contributed by atoms with Gasteiger partial charge in [-0.25, -0.2) is 4.79 Å². The largest absolute Gasteiger partial charge is 0.462 e.